The Hall–Kier alpha value is -2.53. The summed E-state index contributed by atoms with van der Waals surface area (Å²) in [6, 6.07) is 11.8. The third-order valence-electron chi connectivity index (χ3n) is 6.03. The number of thiophene rings is 1. The number of amides is 1. The number of anilines is 1. The molecule has 0 saturated carbocycles. The molecule has 1 aromatic heterocycles. The SMILES string of the molecule is C=CN(C(=O)C(c1csc2ccc(Cl)cc12)P(=O)(O)OC(COC(=O)C(C)(C)C)OC(=O)C(C)(C)C)c1ccccc1Br. The van der Waals surface area contributed by atoms with E-state index in [9.17, 15) is 23.8 Å². The van der Waals surface area contributed by atoms with E-state index in [-0.39, 0.29) is 5.56 Å². The molecule has 0 spiro atoms. The first-order valence-corrected chi connectivity index (χ1v) is 16.8. The molecule has 1 heterocycles. The smallest absolute Gasteiger partial charge is 0.348 e. The van der Waals surface area contributed by atoms with Crippen LogP contribution in [0.2, 0.25) is 5.02 Å². The first kappa shape index (κ1) is 35.0. The van der Waals surface area contributed by atoms with Gasteiger partial charge in [-0.15, -0.1) is 11.3 Å². The summed E-state index contributed by atoms with van der Waals surface area (Å²) in [4.78, 5) is 52.3. The molecule has 0 radical (unpaired) electrons. The van der Waals surface area contributed by atoms with Crippen LogP contribution in [-0.4, -0.2) is 35.6 Å². The van der Waals surface area contributed by atoms with E-state index in [1.165, 1.54) is 17.5 Å². The number of hydrogen-bond donors (Lipinski definition) is 1. The molecule has 1 N–H and O–H groups in total. The van der Waals surface area contributed by atoms with Crippen LogP contribution in [0.15, 0.2) is 65.1 Å². The number of fused-ring (bicyclic) bond motifs is 1. The molecule has 13 heteroatoms. The second kappa shape index (κ2) is 13.6. The Labute approximate surface area is 268 Å². The molecule has 3 atom stereocenters. The fourth-order valence-corrected chi connectivity index (χ4v) is 6.99. The summed E-state index contributed by atoms with van der Waals surface area (Å²) in [5, 5.41) is 2.39. The van der Waals surface area contributed by atoms with Crippen LogP contribution in [0.3, 0.4) is 0 Å². The van der Waals surface area contributed by atoms with Crippen molar-refractivity contribution in [1.29, 1.82) is 0 Å². The molecule has 9 nitrogen and oxygen atoms in total. The van der Waals surface area contributed by atoms with Gasteiger partial charge in [0, 0.05) is 20.4 Å². The van der Waals surface area contributed by atoms with E-state index < -0.39 is 54.8 Å². The minimum atomic E-state index is -5.09. The van der Waals surface area contributed by atoms with Crippen LogP contribution in [-0.2, 0) is 32.9 Å². The third kappa shape index (κ3) is 8.56. The lowest BCUT2D eigenvalue weighted by Gasteiger charge is -2.30. The lowest BCUT2D eigenvalue weighted by molar-refractivity contribution is -0.187. The molecule has 1 amide bonds. The molecule has 0 saturated heterocycles. The molecule has 3 aromatic rings. The maximum absolute atomic E-state index is 14.3. The number of halogens is 2. The molecule has 3 unspecified atom stereocenters. The fourth-order valence-electron chi connectivity index (χ4n) is 3.74. The highest BCUT2D eigenvalue weighted by Gasteiger charge is 2.46. The van der Waals surface area contributed by atoms with Gasteiger partial charge >= 0.3 is 19.5 Å². The van der Waals surface area contributed by atoms with Crippen LogP contribution >= 0.6 is 46.5 Å². The quantitative estimate of drug-likeness (QED) is 0.127. The second-order valence-electron chi connectivity index (χ2n) is 11.7. The number of carbonyl (C=O) groups excluding carboxylic acids is 3. The third-order valence-corrected chi connectivity index (χ3v) is 9.61. The second-order valence-corrected chi connectivity index (χ2v) is 15.7. The molecule has 232 valence electrons. The Kier molecular flexibility index (Phi) is 11.1. The van der Waals surface area contributed by atoms with Crippen molar-refractivity contribution >= 4 is 80.1 Å². The van der Waals surface area contributed by atoms with Crippen molar-refractivity contribution in [2.24, 2.45) is 10.8 Å². The average Bonchev–Trinajstić information content (AvgIpc) is 3.29. The van der Waals surface area contributed by atoms with E-state index >= 15 is 0 Å². The van der Waals surface area contributed by atoms with Crippen molar-refractivity contribution in [3.05, 3.63) is 75.7 Å². The predicted molar refractivity (Wildman–Crippen MR) is 172 cm³/mol. The van der Waals surface area contributed by atoms with E-state index in [0.29, 0.717) is 25.3 Å². The van der Waals surface area contributed by atoms with Gasteiger partial charge in [-0.25, -0.2) is 0 Å². The number of para-hydroxylation sites is 1. The van der Waals surface area contributed by atoms with Gasteiger partial charge in [-0.1, -0.05) is 30.3 Å². The van der Waals surface area contributed by atoms with E-state index in [0.717, 1.165) is 4.90 Å². The van der Waals surface area contributed by atoms with Crippen molar-refractivity contribution in [2.75, 3.05) is 11.5 Å². The molecule has 0 fully saturated rings. The van der Waals surface area contributed by atoms with Crippen molar-refractivity contribution in [1.82, 2.24) is 0 Å². The van der Waals surface area contributed by atoms with Gasteiger partial charge in [-0.2, -0.15) is 0 Å². The van der Waals surface area contributed by atoms with E-state index in [4.69, 9.17) is 25.6 Å². The van der Waals surface area contributed by atoms with Gasteiger partial charge in [-0.3, -0.25) is 28.4 Å². The Morgan fingerprint density at radius 3 is 2.30 bits per heavy atom. The molecular weight excluding hydrogens is 681 g/mol. The Morgan fingerprint density at radius 1 is 1.09 bits per heavy atom. The van der Waals surface area contributed by atoms with Gasteiger partial charge in [0.25, 0.3) is 5.91 Å². The van der Waals surface area contributed by atoms with Gasteiger partial charge in [0.2, 0.25) is 6.29 Å². The van der Waals surface area contributed by atoms with Crippen LogP contribution in [0.25, 0.3) is 10.1 Å². The van der Waals surface area contributed by atoms with Crippen molar-refractivity contribution < 1.29 is 37.8 Å². The normalized spacial score (nSPS) is 14.8. The topological polar surface area (TPSA) is 119 Å². The van der Waals surface area contributed by atoms with E-state index in [1.807, 2.05) is 0 Å². The van der Waals surface area contributed by atoms with Crippen LogP contribution in [0.5, 0.6) is 0 Å². The summed E-state index contributed by atoms with van der Waals surface area (Å²) in [5.41, 5.74) is -3.23. The maximum Gasteiger partial charge on any atom is 0.348 e. The summed E-state index contributed by atoms with van der Waals surface area (Å²) in [7, 11) is -5.09. The number of nitrogens with zero attached hydrogens (tertiary/aromatic N) is 1. The minimum Gasteiger partial charge on any atom is -0.459 e. The highest BCUT2D eigenvalue weighted by Crippen LogP contribution is 2.60. The molecule has 43 heavy (non-hydrogen) atoms. The van der Waals surface area contributed by atoms with Crippen molar-refractivity contribution in [3.63, 3.8) is 0 Å². The van der Waals surface area contributed by atoms with Crippen LogP contribution in [0.4, 0.5) is 5.69 Å². The zero-order chi connectivity index (χ0) is 32.3. The van der Waals surface area contributed by atoms with Gasteiger partial charge in [0.1, 0.15) is 0 Å². The maximum atomic E-state index is 14.3. The van der Waals surface area contributed by atoms with Crippen LogP contribution < -0.4 is 4.90 Å². The number of rotatable bonds is 10. The standard InChI is InChI=1S/C30H34BrClNO8PS/c1-8-33(22-12-10-9-11-21(22)31)26(34)25(20-17-43-23-14-13-18(32)15-19(20)23)42(37,38)41-24(40-28(36)30(5,6)7)16-39-27(35)29(2,3)4/h8-15,17,24-25H,1,16H2,2-7H3,(H,37,38). The van der Waals surface area contributed by atoms with Gasteiger partial charge < -0.3 is 14.4 Å². The molecule has 0 bridgehead atoms. The molecule has 0 aliphatic carbocycles. The van der Waals surface area contributed by atoms with Crippen LogP contribution in [0, 0.1) is 10.8 Å². The lowest BCUT2D eigenvalue weighted by atomic mass is 9.97. The molecule has 0 aliphatic heterocycles. The Bertz CT molecular complexity index is 1580. The Morgan fingerprint density at radius 2 is 1.72 bits per heavy atom. The highest BCUT2D eigenvalue weighted by molar-refractivity contribution is 9.10. The Balaban J connectivity index is 2.13. The predicted octanol–water partition coefficient (Wildman–Crippen LogP) is 8.24. The van der Waals surface area contributed by atoms with Crippen molar-refractivity contribution in [2.45, 2.75) is 53.5 Å². The summed E-state index contributed by atoms with van der Waals surface area (Å²) >= 11 is 10.9. The lowest BCUT2D eigenvalue weighted by Crippen LogP contribution is -2.36. The first-order chi connectivity index (χ1) is 19.9. The number of hydrogen-bond acceptors (Lipinski definition) is 8. The number of esters is 2. The first-order valence-electron chi connectivity index (χ1n) is 13.1. The van der Waals surface area contributed by atoms with Crippen LogP contribution in [0.1, 0.15) is 52.8 Å². The summed E-state index contributed by atoms with van der Waals surface area (Å²) in [5.74, 6) is -2.28. The highest BCUT2D eigenvalue weighted by atomic mass is 79.9. The zero-order valence-electron chi connectivity index (χ0n) is 24.6. The van der Waals surface area contributed by atoms with Crippen molar-refractivity contribution in [3.8, 4) is 0 Å². The van der Waals surface area contributed by atoms with Gasteiger partial charge in [0.05, 0.1) is 16.5 Å². The fraction of sp³-hybridized carbons (Fsp3) is 0.367. The molecule has 2 aromatic carbocycles. The molecule has 0 aliphatic rings. The molecular formula is C30H34BrClNO8PS. The van der Waals surface area contributed by atoms with E-state index in [2.05, 4.69) is 22.5 Å². The minimum absolute atomic E-state index is 0.171. The number of carbonyl (C=O) groups is 3. The number of ether oxygens (including phenoxy) is 2. The largest absolute Gasteiger partial charge is 0.459 e. The average molecular weight is 715 g/mol. The van der Waals surface area contributed by atoms with Gasteiger partial charge in [0.15, 0.2) is 12.3 Å². The summed E-state index contributed by atoms with van der Waals surface area (Å²) in [6.07, 6.45) is -0.586. The monoisotopic (exact) mass is 713 g/mol. The summed E-state index contributed by atoms with van der Waals surface area (Å²) in [6.45, 7) is 12.7. The van der Waals surface area contributed by atoms with Gasteiger partial charge in [-0.05, 0) is 104 Å². The zero-order valence-corrected chi connectivity index (χ0v) is 28.7. The number of benzene rings is 2. The molecule has 3 rings (SSSR count). The summed E-state index contributed by atoms with van der Waals surface area (Å²) < 4.78 is 31.8. The van der Waals surface area contributed by atoms with E-state index in [1.54, 1.807) is 89.4 Å².